The van der Waals surface area contributed by atoms with E-state index in [0.29, 0.717) is 15.5 Å². The first kappa shape index (κ1) is 22.6. The molecule has 31 heavy (non-hydrogen) atoms. The van der Waals surface area contributed by atoms with E-state index in [1.54, 1.807) is 16.7 Å². The van der Waals surface area contributed by atoms with Gasteiger partial charge in [0.25, 0.3) is 0 Å². The van der Waals surface area contributed by atoms with Gasteiger partial charge in [0, 0.05) is 0 Å². The van der Waals surface area contributed by atoms with Crippen molar-refractivity contribution in [1.82, 2.24) is 0 Å². The molecule has 4 heteroatoms. The Balaban J connectivity index is 1.78. The Bertz CT molecular complexity index is 1110. The molecule has 0 aliphatic heterocycles. The van der Waals surface area contributed by atoms with E-state index < -0.39 is 33.0 Å². The topological polar surface area (TPSA) is 0 Å². The van der Waals surface area contributed by atoms with Crippen LogP contribution in [0.4, 0.5) is 0 Å². The number of benzene rings is 2. The average Bonchev–Trinajstić information content (AvgIpc) is 3.15. The zero-order valence-corrected chi connectivity index (χ0v) is 25.9. The molecule has 159 valence electrons. The second-order valence-electron chi connectivity index (χ2n) is 9.47. The summed E-state index contributed by atoms with van der Waals surface area (Å²) >= 11 is -3.82. The summed E-state index contributed by atoms with van der Waals surface area (Å²) in [5.41, 5.74) is 12.1. The molecular formula is C27H29Cl2GeHf. The average molecular weight is 676 g/mol. The summed E-state index contributed by atoms with van der Waals surface area (Å²) in [6, 6.07) is 18.1. The van der Waals surface area contributed by atoms with Crippen LogP contribution >= 0.6 is 17.2 Å². The molecule has 3 aliphatic rings. The number of halogens is 2. The molecule has 0 aromatic heterocycles. The van der Waals surface area contributed by atoms with Crippen LogP contribution in [0.3, 0.4) is 0 Å². The molecule has 2 aromatic rings. The molecule has 0 saturated heterocycles. The summed E-state index contributed by atoms with van der Waals surface area (Å²) in [6.45, 7) is 4.85. The van der Waals surface area contributed by atoms with Gasteiger partial charge in [-0.05, 0) is 0 Å². The van der Waals surface area contributed by atoms with Gasteiger partial charge >= 0.3 is 208 Å². The number of rotatable bonds is 2. The van der Waals surface area contributed by atoms with Crippen molar-refractivity contribution in [3.05, 3.63) is 82.0 Å². The molecule has 0 spiro atoms. The van der Waals surface area contributed by atoms with E-state index in [1.165, 1.54) is 47.1 Å². The Hall–Kier alpha value is -0.217. The van der Waals surface area contributed by atoms with Crippen LogP contribution < -0.4 is 0 Å². The third-order valence-electron chi connectivity index (χ3n) is 7.67. The molecule has 5 rings (SSSR count). The number of hydrogen-bond donors (Lipinski definition) is 0. The van der Waals surface area contributed by atoms with E-state index in [1.807, 2.05) is 4.35 Å². The predicted molar refractivity (Wildman–Crippen MR) is 134 cm³/mol. The fourth-order valence-corrected chi connectivity index (χ4v) is 18.6. The second-order valence-corrected chi connectivity index (χ2v) is 27.4. The molecule has 0 radical (unpaired) electrons. The van der Waals surface area contributed by atoms with Crippen LogP contribution in [0.1, 0.15) is 50.2 Å². The molecule has 2 atom stereocenters. The van der Waals surface area contributed by atoms with Crippen LogP contribution in [-0.4, -0.2) is 18.3 Å². The summed E-state index contributed by atoms with van der Waals surface area (Å²) in [7, 11) is 13.8. The van der Waals surface area contributed by atoms with Crippen LogP contribution in [0.5, 0.6) is 0 Å². The van der Waals surface area contributed by atoms with Crippen LogP contribution in [0.2, 0.25) is 15.2 Å². The van der Waals surface area contributed by atoms with Crippen molar-refractivity contribution in [1.29, 1.82) is 0 Å². The van der Waals surface area contributed by atoms with Crippen molar-refractivity contribution in [3.8, 4) is 11.1 Å². The Morgan fingerprint density at radius 2 is 1.45 bits per heavy atom. The monoisotopic (exact) mass is 677 g/mol. The molecular weight excluding hydrogens is 646 g/mol. The molecule has 0 amide bonds. The van der Waals surface area contributed by atoms with E-state index >= 15 is 0 Å². The Morgan fingerprint density at radius 3 is 2.00 bits per heavy atom. The van der Waals surface area contributed by atoms with Gasteiger partial charge in [0.05, 0.1) is 0 Å². The van der Waals surface area contributed by atoms with Crippen molar-refractivity contribution in [2.24, 2.45) is 5.92 Å². The number of allylic oxidation sites excluding steroid dienone is 4. The molecule has 0 saturated carbocycles. The van der Waals surface area contributed by atoms with Gasteiger partial charge in [0.2, 0.25) is 0 Å². The first-order valence-corrected chi connectivity index (χ1v) is 27.6. The normalized spacial score (nSPS) is 23.0. The van der Waals surface area contributed by atoms with E-state index in [0.717, 1.165) is 0 Å². The maximum atomic E-state index is 6.88. The van der Waals surface area contributed by atoms with Crippen LogP contribution in [0, 0.1) is 5.92 Å². The van der Waals surface area contributed by atoms with Gasteiger partial charge in [-0.1, -0.05) is 0 Å². The van der Waals surface area contributed by atoms with Crippen molar-refractivity contribution in [2.75, 3.05) is 0 Å². The van der Waals surface area contributed by atoms with E-state index in [-0.39, 0.29) is 0 Å². The first-order chi connectivity index (χ1) is 14.9. The van der Waals surface area contributed by atoms with Crippen LogP contribution in [0.15, 0.2) is 70.8 Å². The van der Waals surface area contributed by atoms with Crippen LogP contribution in [-0.2, 0) is 19.1 Å². The summed E-state index contributed by atoms with van der Waals surface area (Å²) in [4.78, 5) is 0. The maximum absolute atomic E-state index is 6.88. The van der Waals surface area contributed by atoms with Gasteiger partial charge in [-0.25, -0.2) is 0 Å². The standard InChI is InChI=1S/C27H29Ge.2ClH.Hf/c1-17-16-19-10-9-15-24(28(3)4)18(2)26(19)25(17)27-22-13-7-5-11-20(22)21-12-6-8-14-23(21)27;;;/h5-8,11-14,16,18,27H,9-10,15H2,1-4H3;2*1H;/q;;;+2/p-2. The van der Waals surface area contributed by atoms with Gasteiger partial charge in [-0.15, -0.1) is 0 Å². The summed E-state index contributed by atoms with van der Waals surface area (Å²) in [5, 5.41) is 0. The van der Waals surface area contributed by atoms with Crippen molar-refractivity contribution < 1.29 is 19.1 Å². The van der Waals surface area contributed by atoms with E-state index in [4.69, 9.17) is 17.2 Å². The zero-order chi connectivity index (χ0) is 21.9. The van der Waals surface area contributed by atoms with Crippen LogP contribution in [0.25, 0.3) is 11.1 Å². The molecule has 0 heterocycles. The molecule has 0 N–H and O–H groups in total. The minimum absolute atomic E-state index is 0.320. The Labute approximate surface area is 206 Å². The van der Waals surface area contributed by atoms with Crippen molar-refractivity contribution in [3.63, 3.8) is 0 Å². The fourth-order valence-electron chi connectivity index (χ4n) is 6.44. The van der Waals surface area contributed by atoms with Crippen molar-refractivity contribution in [2.45, 2.75) is 54.2 Å². The van der Waals surface area contributed by atoms with Gasteiger partial charge in [0.15, 0.2) is 0 Å². The van der Waals surface area contributed by atoms with E-state index in [9.17, 15) is 0 Å². The quantitative estimate of drug-likeness (QED) is 0.281. The molecule has 2 unspecified atom stereocenters. The zero-order valence-electron chi connectivity index (χ0n) is 18.7. The molecule has 0 bridgehead atoms. The summed E-state index contributed by atoms with van der Waals surface area (Å²) in [5.74, 6) is 5.94. The second kappa shape index (κ2) is 8.86. The SMILES string of the molecule is CC1=C(C2c3ccccc3-c3ccccc32)C2=C(CCC[C](=[Ge]([CH3])[CH3])C2C)[CH]1[Hf]([Cl])[Cl]. The third-order valence-corrected chi connectivity index (χ3v) is 19.7. The Morgan fingerprint density at radius 1 is 0.871 bits per heavy atom. The fraction of sp³-hybridized carbons (Fsp3) is 0.370. The van der Waals surface area contributed by atoms with Gasteiger partial charge < -0.3 is 0 Å². The number of hydrogen-bond acceptors (Lipinski definition) is 0. The molecule has 2 aromatic carbocycles. The third kappa shape index (κ3) is 3.61. The van der Waals surface area contributed by atoms with Crippen molar-refractivity contribution >= 4 is 35.4 Å². The minimum atomic E-state index is -2.69. The number of fused-ring (bicyclic) bond motifs is 3. The summed E-state index contributed by atoms with van der Waals surface area (Å²) in [6.07, 6.45) is 3.76. The predicted octanol–water partition coefficient (Wildman–Crippen LogP) is 8.47. The first-order valence-electron chi connectivity index (χ1n) is 11.4. The van der Waals surface area contributed by atoms with Gasteiger partial charge in [-0.2, -0.15) is 0 Å². The summed E-state index contributed by atoms with van der Waals surface area (Å²) < 4.78 is 2.24. The Kier molecular flexibility index (Phi) is 6.45. The van der Waals surface area contributed by atoms with Gasteiger partial charge in [0.1, 0.15) is 0 Å². The molecule has 0 fully saturated rings. The molecule has 3 aliphatic carbocycles. The van der Waals surface area contributed by atoms with Gasteiger partial charge in [-0.3, -0.25) is 0 Å². The van der Waals surface area contributed by atoms with E-state index in [2.05, 4.69) is 73.9 Å². The molecule has 0 nitrogen and oxygen atoms in total.